The minimum atomic E-state index is -4.78. The molecule has 2 aromatic carbocycles. The maximum atomic E-state index is 11.3. The molecule has 0 aliphatic carbocycles. The zero-order valence-corrected chi connectivity index (χ0v) is 12.3. The van der Waals surface area contributed by atoms with Gasteiger partial charge in [-0.15, -0.1) is 0 Å². The average molecular weight is 349 g/mol. The van der Waals surface area contributed by atoms with Crippen LogP contribution in [0, 0.1) is 0 Å². The molecule has 120 valence electrons. The highest BCUT2D eigenvalue weighted by Gasteiger charge is 2.23. The summed E-state index contributed by atoms with van der Waals surface area (Å²) in [6.07, 6.45) is 0. The van der Waals surface area contributed by atoms with Crippen LogP contribution in [-0.4, -0.2) is 31.0 Å². The highest BCUT2D eigenvalue weighted by atomic mass is 32.2. The van der Waals surface area contributed by atoms with Crippen LogP contribution in [0.25, 0.3) is 10.8 Å². The van der Waals surface area contributed by atoms with E-state index in [-0.39, 0.29) is 16.5 Å². The van der Waals surface area contributed by atoms with Crippen molar-refractivity contribution in [3.63, 3.8) is 0 Å². The summed E-state index contributed by atoms with van der Waals surface area (Å²) in [5.74, 6) is 4.42. The number of anilines is 2. The van der Waals surface area contributed by atoms with Gasteiger partial charge in [-0.05, 0) is 23.6 Å². The fraction of sp³-hybridized carbons (Fsp3) is 0. The number of nitrogen functional groups attached to an aromatic ring is 2. The van der Waals surface area contributed by atoms with E-state index < -0.39 is 41.5 Å². The van der Waals surface area contributed by atoms with Crippen LogP contribution in [0.4, 0.5) is 11.4 Å². The molecule has 2 aromatic rings. The summed E-state index contributed by atoms with van der Waals surface area (Å²) >= 11 is 0. The van der Waals surface area contributed by atoms with Gasteiger partial charge >= 0.3 is 0 Å². The molecule has 22 heavy (non-hydrogen) atoms. The lowest BCUT2D eigenvalue weighted by Crippen LogP contribution is -2.12. The van der Waals surface area contributed by atoms with Crippen LogP contribution in [0.2, 0.25) is 0 Å². The molecule has 0 bridgehead atoms. The van der Waals surface area contributed by atoms with Crippen molar-refractivity contribution in [3.05, 3.63) is 18.2 Å². The van der Waals surface area contributed by atoms with Gasteiger partial charge in [0.1, 0.15) is 10.6 Å². The molecule has 8 N–H and O–H groups in total. The Balaban J connectivity index is 3.04. The number of hydrazine groups is 1. The van der Waals surface area contributed by atoms with Crippen molar-refractivity contribution in [2.24, 2.45) is 5.84 Å². The Bertz CT molecular complexity index is 983. The number of phenols is 1. The molecule has 0 aromatic heterocycles. The van der Waals surface area contributed by atoms with Crippen LogP contribution in [0.15, 0.2) is 28.0 Å². The molecular formula is C10H11N3O7S2. The molecule has 12 heteroatoms. The van der Waals surface area contributed by atoms with Crippen molar-refractivity contribution in [2.75, 3.05) is 11.2 Å². The fourth-order valence-corrected chi connectivity index (χ4v) is 3.23. The Morgan fingerprint density at radius 1 is 1.00 bits per heavy atom. The van der Waals surface area contributed by atoms with Gasteiger partial charge in [-0.1, -0.05) is 0 Å². The Hall–Kier alpha value is -2.12. The van der Waals surface area contributed by atoms with Crippen molar-refractivity contribution in [1.29, 1.82) is 0 Å². The number of nitrogens with one attached hydrogen (secondary N) is 1. The SMILES string of the molecule is NNc1c(S(=O)(=O)O)cc2cc(S(=O)(=O)O)cc(N)c2c1O. The summed E-state index contributed by atoms with van der Waals surface area (Å²) in [5, 5.41) is 9.81. The summed E-state index contributed by atoms with van der Waals surface area (Å²) in [6, 6.07) is 2.62. The number of aromatic hydroxyl groups is 1. The summed E-state index contributed by atoms with van der Waals surface area (Å²) in [7, 11) is -9.38. The molecule has 0 saturated heterocycles. The number of hydrogen-bond donors (Lipinski definition) is 6. The molecule has 2 rings (SSSR count). The fourth-order valence-electron chi connectivity index (χ4n) is 1.99. The van der Waals surface area contributed by atoms with Gasteiger partial charge in [-0.2, -0.15) is 16.8 Å². The second-order valence-electron chi connectivity index (χ2n) is 4.30. The average Bonchev–Trinajstić information content (AvgIpc) is 2.35. The lowest BCUT2D eigenvalue weighted by molar-refractivity contribution is 0.473. The number of rotatable bonds is 3. The van der Waals surface area contributed by atoms with Gasteiger partial charge in [0.05, 0.1) is 4.90 Å². The van der Waals surface area contributed by atoms with Crippen LogP contribution in [0.1, 0.15) is 0 Å². The van der Waals surface area contributed by atoms with Crippen molar-refractivity contribution in [2.45, 2.75) is 9.79 Å². The highest BCUT2D eigenvalue weighted by Crippen LogP contribution is 2.41. The van der Waals surface area contributed by atoms with E-state index in [1.807, 2.05) is 5.43 Å². The van der Waals surface area contributed by atoms with Gasteiger partial charge in [0.15, 0.2) is 5.75 Å². The standard InChI is InChI=1S/C10H11N3O7S2/c11-6-3-5(21(15,16)17)1-4-2-7(22(18,19)20)9(13-12)10(14)8(4)6/h1-3,13-14H,11-12H2,(H,15,16,17)(H,18,19,20). The molecule has 10 nitrogen and oxygen atoms in total. The van der Waals surface area contributed by atoms with Crippen LogP contribution in [-0.2, 0) is 20.2 Å². The number of phenolic OH excluding ortho intramolecular Hbond substituents is 1. The second-order valence-corrected chi connectivity index (χ2v) is 7.11. The van der Waals surface area contributed by atoms with E-state index in [0.29, 0.717) is 0 Å². The zero-order chi connectivity index (χ0) is 16.9. The molecule has 0 heterocycles. The number of nitrogens with two attached hydrogens (primary N) is 2. The minimum Gasteiger partial charge on any atom is -0.505 e. The Morgan fingerprint density at radius 3 is 2.05 bits per heavy atom. The molecule has 0 aliphatic heterocycles. The third-order valence-electron chi connectivity index (χ3n) is 2.90. The van der Waals surface area contributed by atoms with E-state index in [2.05, 4.69) is 0 Å². The smallest absolute Gasteiger partial charge is 0.296 e. The normalized spacial score (nSPS) is 12.5. The third-order valence-corrected chi connectivity index (χ3v) is 4.61. The maximum Gasteiger partial charge on any atom is 0.296 e. The second kappa shape index (κ2) is 4.96. The molecule has 0 unspecified atom stereocenters. The van der Waals surface area contributed by atoms with Crippen LogP contribution >= 0.6 is 0 Å². The van der Waals surface area contributed by atoms with Gasteiger partial charge in [0.25, 0.3) is 20.2 Å². The first-order valence-electron chi connectivity index (χ1n) is 5.47. The third kappa shape index (κ3) is 2.65. The van der Waals surface area contributed by atoms with Gasteiger partial charge in [0.2, 0.25) is 0 Å². The molecule has 0 spiro atoms. The first kappa shape index (κ1) is 16.3. The van der Waals surface area contributed by atoms with E-state index in [1.165, 1.54) is 0 Å². The van der Waals surface area contributed by atoms with Crippen LogP contribution in [0.5, 0.6) is 5.75 Å². The van der Waals surface area contributed by atoms with Gasteiger partial charge in [-0.25, -0.2) is 0 Å². The van der Waals surface area contributed by atoms with E-state index in [1.54, 1.807) is 0 Å². The van der Waals surface area contributed by atoms with Crippen molar-refractivity contribution < 1.29 is 31.0 Å². The van der Waals surface area contributed by atoms with Crippen molar-refractivity contribution in [3.8, 4) is 5.75 Å². The maximum absolute atomic E-state index is 11.3. The molecule has 0 atom stereocenters. The topological polar surface area (TPSA) is 193 Å². The van der Waals surface area contributed by atoms with Gasteiger partial charge in [0, 0.05) is 11.1 Å². The summed E-state index contributed by atoms with van der Waals surface area (Å²) < 4.78 is 63.1. The van der Waals surface area contributed by atoms with E-state index in [9.17, 15) is 21.9 Å². The number of hydrogen-bond acceptors (Lipinski definition) is 8. The largest absolute Gasteiger partial charge is 0.505 e. The van der Waals surface area contributed by atoms with E-state index >= 15 is 0 Å². The van der Waals surface area contributed by atoms with Crippen molar-refractivity contribution in [1.82, 2.24) is 0 Å². The first-order chi connectivity index (χ1) is 9.96. The molecule has 0 radical (unpaired) electrons. The molecule has 0 saturated carbocycles. The lowest BCUT2D eigenvalue weighted by Gasteiger charge is -2.14. The Kier molecular flexibility index (Phi) is 3.67. The molecular weight excluding hydrogens is 338 g/mol. The number of benzene rings is 2. The predicted molar refractivity (Wildman–Crippen MR) is 77.5 cm³/mol. The molecule has 0 aliphatic rings. The summed E-state index contributed by atoms with van der Waals surface area (Å²) in [5.41, 5.74) is 6.78. The predicted octanol–water partition coefficient (Wildman–Crippen LogP) is -0.0934. The number of fused-ring (bicyclic) bond motifs is 1. The minimum absolute atomic E-state index is 0.104. The monoisotopic (exact) mass is 349 g/mol. The Morgan fingerprint density at radius 2 is 1.59 bits per heavy atom. The summed E-state index contributed by atoms with van der Waals surface area (Å²) in [6.45, 7) is 0. The molecule has 0 amide bonds. The summed E-state index contributed by atoms with van der Waals surface area (Å²) in [4.78, 5) is -1.39. The lowest BCUT2D eigenvalue weighted by atomic mass is 10.1. The van der Waals surface area contributed by atoms with Gasteiger partial charge in [-0.3, -0.25) is 14.9 Å². The first-order valence-corrected chi connectivity index (χ1v) is 8.35. The van der Waals surface area contributed by atoms with Crippen molar-refractivity contribution >= 4 is 42.4 Å². The van der Waals surface area contributed by atoms with E-state index in [4.69, 9.17) is 20.7 Å². The van der Waals surface area contributed by atoms with Crippen LogP contribution < -0.4 is 17.0 Å². The van der Waals surface area contributed by atoms with Gasteiger partial charge < -0.3 is 16.3 Å². The Labute approximate surface area is 124 Å². The highest BCUT2D eigenvalue weighted by molar-refractivity contribution is 7.86. The van der Waals surface area contributed by atoms with Crippen LogP contribution in [0.3, 0.4) is 0 Å². The van der Waals surface area contributed by atoms with E-state index in [0.717, 1.165) is 18.2 Å². The quantitative estimate of drug-likeness (QED) is 0.143. The molecule has 0 fully saturated rings. The zero-order valence-electron chi connectivity index (χ0n) is 10.7.